The zero-order valence-corrected chi connectivity index (χ0v) is 11.9. The van der Waals surface area contributed by atoms with E-state index in [1.165, 1.54) is 0 Å². The molecule has 0 aromatic heterocycles. The van der Waals surface area contributed by atoms with E-state index >= 15 is 0 Å². The molecular weight excluding hydrogens is 278 g/mol. The van der Waals surface area contributed by atoms with Gasteiger partial charge in [0, 0.05) is 25.2 Å². The SMILES string of the molecule is N=C(NCCC[Si](O)(O)O)NCCC[Si](O)(O)O. The Morgan fingerprint density at radius 3 is 1.39 bits per heavy atom. The first-order chi connectivity index (χ1) is 8.10. The average molecular weight is 299 g/mol. The molecule has 0 aliphatic heterocycles. The lowest BCUT2D eigenvalue weighted by molar-refractivity contribution is 0.225. The van der Waals surface area contributed by atoms with Gasteiger partial charge in [-0.3, -0.25) is 5.41 Å². The van der Waals surface area contributed by atoms with Crippen LogP contribution in [0.1, 0.15) is 12.8 Å². The van der Waals surface area contributed by atoms with Gasteiger partial charge in [-0.2, -0.15) is 0 Å². The highest BCUT2D eigenvalue weighted by Crippen LogP contribution is 2.00. The van der Waals surface area contributed by atoms with Crippen LogP contribution in [0.2, 0.25) is 12.1 Å². The van der Waals surface area contributed by atoms with Gasteiger partial charge < -0.3 is 39.4 Å². The fourth-order valence-corrected chi connectivity index (χ4v) is 2.44. The molecule has 0 rings (SSSR count). The lowest BCUT2D eigenvalue weighted by Gasteiger charge is -2.13. The molecule has 0 amide bonds. The van der Waals surface area contributed by atoms with Crippen molar-refractivity contribution < 1.29 is 28.8 Å². The fraction of sp³-hybridized carbons (Fsp3) is 0.857. The van der Waals surface area contributed by atoms with Gasteiger partial charge >= 0.3 is 17.6 Å². The summed E-state index contributed by atoms with van der Waals surface area (Å²) in [6.07, 6.45) is 0.638. The van der Waals surface area contributed by atoms with Gasteiger partial charge in [-0.1, -0.05) is 0 Å². The van der Waals surface area contributed by atoms with E-state index in [4.69, 9.17) is 34.2 Å². The minimum atomic E-state index is -3.99. The molecular formula is C7H21N3O6Si2. The zero-order chi connectivity index (χ0) is 14.2. The van der Waals surface area contributed by atoms with Gasteiger partial charge in [0.1, 0.15) is 0 Å². The molecule has 11 heteroatoms. The first kappa shape index (κ1) is 17.5. The number of nitrogens with one attached hydrogen (secondary N) is 3. The molecule has 0 aliphatic carbocycles. The van der Waals surface area contributed by atoms with Crippen LogP contribution in [0.3, 0.4) is 0 Å². The standard InChI is InChI=1S/C7H21N3O6Si2/c8-7(9-3-1-5-17(11,12)13)10-4-2-6-18(14,15)16/h11-16H,1-6H2,(H3,8,9,10). The van der Waals surface area contributed by atoms with Gasteiger partial charge in [0.2, 0.25) is 0 Å². The Morgan fingerprint density at radius 2 is 1.11 bits per heavy atom. The summed E-state index contributed by atoms with van der Waals surface area (Å²) in [6, 6.07) is -0.193. The van der Waals surface area contributed by atoms with Crippen LogP contribution in [-0.4, -0.2) is 65.4 Å². The molecule has 108 valence electrons. The number of hydrogen-bond acceptors (Lipinski definition) is 7. The summed E-state index contributed by atoms with van der Waals surface area (Å²) in [6.45, 7) is 0.613. The lowest BCUT2D eigenvalue weighted by atomic mass is 10.4. The molecule has 0 aliphatic rings. The summed E-state index contributed by atoms with van der Waals surface area (Å²) >= 11 is 0. The van der Waals surface area contributed by atoms with Crippen LogP contribution in [0.5, 0.6) is 0 Å². The predicted octanol–water partition coefficient (Wildman–Crippen LogP) is -3.29. The molecule has 18 heavy (non-hydrogen) atoms. The van der Waals surface area contributed by atoms with E-state index < -0.39 is 17.6 Å². The van der Waals surface area contributed by atoms with Gasteiger partial charge in [-0.05, 0) is 12.8 Å². The molecule has 0 unspecified atom stereocenters. The number of rotatable bonds is 8. The molecule has 9 N–H and O–H groups in total. The lowest BCUT2D eigenvalue weighted by Crippen LogP contribution is -2.40. The molecule has 0 aromatic carbocycles. The quantitative estimate of drug-likeness (QED) is 0.0971. The first-order valence-electron chi connectivity index (χ1n) is 5.51. The minimum Gasteiger partial charge on any atom is -0.390 e. The Hall–Kier alpha value is -0.536. The Balaban J connectivity index is 3.44. The number of hydrogen-bond donors (Lipinski definition) is 9. The van der Waals surface area contributed by atoms with Crippen LogP contribution in [0.25, 0.3) is 0 Å². The Morgan fingerprint density at radius 1 is 0.778 bits per heavy atom. The Bertz CT molecular complexity index is 231. The average Bonchev–Trinajstić information content (AvgIpc) is 2.17. The van der Waals surface area contributed by atoms with Crippen LogP contribution >= 0.6 is 0 Å². The van der Waals surface area contributed by atoms with Crippen molar-refractivity contribution in [3.8, 4) is 0 Å². The van der Waals surface area contributed by atoms with Crippen molar-refractivity contribution in [2.24, 2.45) is 0 Å². The van der Waals surface area contributed by atoms with Crippen molar-refractivity contribution in [2.75, 3.05) is 13.1 Å². The third-order valence-electron chi connectivity index (χ3n) is 1.98. The van der Waals surface area contributed by atoms with Gasteiger partial charge in [0.25, 0.3) is 0 Å². The van der Waals surface area contributed by atoms with Crippen molar-refractivity contribution in [3.63, 3.8) is 0 Å². The van der Waals surface area contributed by atoms with E-state index in [0.29, 0.717) is 25.9 Å². The van der Waals surface area contributed by atoms with Crippen molar-refractivity contribution in [3.05, 3.63) is 0 Å². The number of guanidine groups is 1. The predicted molar refractivity (Wildman–Crippen MR) is 67.4 cm³/mol. The van der Waals surface area contributed by atoms with Crippen LogP contribution in [0.4, 0.5) is 0 Å². The summed E-state index contributed by atoms with van der Waals surface area (Å²) < 4.78 is 0. The van der Waals surface area contributed by atoms with E-state index in [2.05, 4.69) is 10.6 Å². The van der Waals surface area contributed by atoms with Crippen LogP contribution in [0.15, 0.2) is 0 Å². The van der Waals surface area contributed by atoms with E-state index in [0.717, 1.165) is 0 Å². The van der Waals surface area contributed by atoms with E-state index in [1.54, 1.807) is 0 Å². The molecule has 0 saturated carbocycles. The molecule has 0 spiro atoms. The van der Waals surface area contributed by atoms with Crippen molar-refractivity contribution in [1.29, 1.82) is 5.41 Å². The third kappa shape index (κ3) is 13.5. The smallest absolute Gasteiger partial charge is 0.390 e. The Labute approximate surface area is 107 Å². The second-order valence-corrected chi connectivity index (χ2v) is 8.08. The largest absolute Gasteiger partial charge is 0.492 e. The van der Waals surface area contributed by atoms with Crippen molar-refractivity contribution in [1.82, 2.24) is 10.6 Å². The minimum absolute atomic E-state index is 0.0113. The van der Waals surface area contributed by atoms with Crippen LogP contribution in [-0.2, 0) is 0 Å². The topological polar surface area (TPSA) is 169 Å². The fourth-order valence-electron chi connectivity index (χ4n) is 1.14. The first-order valence-corrected chi connectivity index (χ1v) is 9.60. The monoisotopic (exact) mass is 299 g/mol. The molecule has 0 heterocycles. The molecule has 0 aromatic rings. The summed E-state index contributed by atoms with van der Waals surface area (Å²) in [5.74, 6) is 0.0113. The van der Waals surface area contributed by atoms with Crippen molar-refractivity contribution >= 4 is 23.6 Å². The highest BCUT2D eigenvalue weighted by atomic mass is 28.4. The molecule has 0 atom stereocenters. The molecule has 0 radical (unpaired) electrons. The normalized spacial score (nSPS) is 12.3. The maximum atomic E-state index is 8.72. The molecule has 0 saturated heterocycles. The van der Waals surface area contributed by atoms with Crippen molar-refractivity contribution in [2.45, 2.75) is 24.9 Å². The zero-order valence-electron chi connectivity index (χ0n) is 9.93. The van der Waals surface area contributed by atoms with Gasteiger partial charge in [-0.25, -0.2) is 0 Å². The molecule has 0 bridgehead atoms. The maximum absolute atomic E-state index is 8.72. The van der Waals surface area contributed by atoms with Gasteiger partial charge in [0.05, 0.1) is 0 Å². The van der Waals surface area contributed by atoms with Crippen LogP contribution < -0.4 is 10.6 Å². The highest BCUT2D eigenvalue weighted by molar-refractivity contribution is 6.56. The summed E-state index contributed by atoms with van der Waals surface area (Å²) in [5.41, 5.74) is 0. The molecule has 9 nitrogen and oxygen atoms in total. The maximum Gasteiger partial charge on any atom is 0.492 e. The second-order valence-electron chi connectivity index (χ2n) is 3.98. The summed E-state index contributed by atoms with van der Waals surface area (Å²) in [4.78, 5) is 52.3. The third-order valence-corrected chi connectivity index (χ3v) is 4.03. The highest BCUT2D eigenvalue weighted by Gasteiger charge is 2.26. The van der Waals surface area contributed by atoms with E-state index in [-0.39, 0.29) is 18.0 Å². The van der Waals surface area contributed by atoms with Crippen LogP contribution in [0, 0.1) is 5.41 Å². The van der Waals surface area contributed by atoms with Gasteiger partial charge in [-0.15, -0.1) is 0 Å². The summed E-state index contributed by atoms with van der Waals surface area (Å²) in [5, 5.41) is 12.7. The molecule has 0 fully saturated rings. The van der Waals surface area contributed by atoms with Gasteiger partial charge in [0.15, 0.2) is 5.96 Å². The van der Waals surface area contributed by atoms with E-state index in [1.807, 2.05) is 0 Å². The second kappa shape index (κ2) is 7.80. The van der Waals surface area contributed by atoms with E-state index in [9.17, 15) is 0 Å². The summed E-state index contributed by atoms with van der Waals surface area (Å²) in [7, 11) is -7.98. The Kier molecular flexibility index (Phi) is 7.57.